The van der Waals surface area contributed by atoms with E-state index in [1.807, 2.05) is 43.3 Å². The Hall–Kier alpha value is -4.06. The van der Waals surface area contributed by atoms with Gasteiger partial charge in [-0.15, -0.1) is 0 Å². The van der Waals surface area contributed by atoms with Crippen LogP contribution in [0.3, 0.4) is 0 Å². The largest absolute Gasteiger partial charge is 0.416 e. The second-order valence-electron chi connectivity index (χ2n) is 9.84. The summed E-state index contributed by atoms with van der Waals surface area (Å²) >= 11 is 0. The molecule has 0 saturated heterocycles. The number of likely N-dealkylation sites (N-methyl/N-ethyl adjacent to an activating group) is 1. The summed E-state index contributed by atoms with van der Waals surface area (Å²) in [5.41, 5.74) is 1.03. The highest BCUT2D eigenvalue weighted by Crippen LogP contribution is 2.35. The van der Waals surface area contributed by atoms with Gasteiger partial charge < -0.3 is 15.1 Å². The second kappa shape index (κ2) is 11.0. The average Bonchev–Trinajstić information content (AvgIpc) is 2.87. The minimum Gasteiger partial charge on any atom is -0.363 e. The highest BCUT2D eigenvalue weighted by Gasteiger charge is 2.33. The molecule has 0 radical (unpaired) electrons. The molecule has 1 aliphatic heterocycles. The van der Waals surface area contributed by atoms with Crippen molar-refractivity contribution in [3.63, 3.8) is 0 Å². The number of rotatable bonds is 7. The van der Waals surface area contributed by atoms with Crippen molar-refractivity contribution in [3.05, 3.63) is 75.1 Å². The number of nitro groups is 1. The third-order valence-electron chi connectivity index (χ3n) is 6.52. The lowest BCUT2D eigenvalue weighted by Gasteiger charge is -2.28. The van der Waals surface area contributed by atoms with Crippen molar-refractivity contribution in [2.45, 2.75) is 32.5 Å². The predicted molar refractivity (Wildman–Crippen MR) is 142 cm³/mol. The zero-order valence-electron chi connectivity index (χ0n) is 22.0. The third kappa shape index (κ3) is 6.51. The maximum Gasteiger partial charge on any atom is 0.416 e. The van der Waals surface area contributed by atoms with Gasteiger partial charge in [0.2, 0.25) is 5.91 Å². The van der Waals surface area contributed by atoms with Gasteiger partial charge in [0.25, 0.3) is 5.69 Å². The van der Waals surface area contributed by atoms with Gasteiger partial charge in [-0.3, -0.25) is 14.9 Å². The number of carbonyl (C=O) groups excluding carboxylic acids is 1. The normalized spacial score (nSPS) is 14.9. The Morgan fingerprint density at radius 2 is 1.95 bits per heavy atom. The number of nitrogens with one attached hydrogen (secondary N) is 1. The molecule has 0 fully saturated rings. The zero-order valence-corrected chi connectivity index (χ0v) is 22.0. The van der Waals surface area contributed by atoms with Gasteiger partial charge in [-0.05, 0) is 69.3 Å². The maximum absolute atomic E-state index is 13.4. The number of hydrogen-bond acceptors (Lipinski definition) is 7. The number of amides is 1. The number of alkyl halides is 3. The van der Waals surface area contributed by atoms with Crippen LogP contribution in [-0.2, 0) is 11.0 Å². The molecule has 1 aromatic heterocycles. The zero-order chi connectivity index (χ0) is 28.5. The molecule has 1 aliphatic rings. The number of nitro benzene ring substituents is 1. The van der Waals surface area contributed by atoms with Crippen molar-refractivity contribution in [2.75, 3.05) is 39.0 Å². The highest BCUT2D eigenvalue weighted by atomic mass is 19.4. The second-order valence-corrected chi connectivity index (χ2v) is 9.84. The first-order valence-electron chi connectivity index (χ1n) is 12.3. The van der Waals surface area contributed by atoms with Crippen LogP contribution < -0.4 is 5.32 Å². The highest BCUT2D eigenvalue weighted by molar-refractivity contribution is 5.92. The van der Waals surface area contributed by atoms with Crippen LogP contribution in [0.25, 0.3) is 16.5 Å². The lowest BCUT2D eigenvalue weighted by molar-refractivity contribution is -0.385. The van der Waals surface area contributed by atoms with Crippen molar-refractivity contribution >= 4 is 33.9 Å². The van der Waals surface area contributed by atoms with Crippen LogP contribution in [0.5, 0.6) is 0 Å². The molecule has 9 nitrogen and oxygen atoms in total. The Morgan fingerprint density at radius 1 is 1.21 bits per heavy atom. The molecule has 0 bridgehead atoms. The van der Waals surface area contributed by atoms with Gasteiger partial charge >= 0.3 is 6.18 Å². The maximum atomic E-state index is 13.4. The van der Waals surface area contributed by atoms with Gasteiger partial charge in [-0.1, -0.05) is 12.1 Å². The van der Waals surface area contributed by atoms with Crippen LogP contribution in [0.4, 0.5) is 24.7 Å². The van der Waals surface area contributed by atoms with E-state index < -0.39 is 28.4 Å². The van der Waals surface area contributed by atoms with Gasteiger partial charge in [0.1, 0.15) is 11.6 Å². The Morgan fingerprint density at radius 3 is 2.56 bits per heavy atom. The number of anilines is 1. The summed E-state index contributed by atoms with van der Waals surface area (Å²) < 4.78 is 40.2. The first-order chi connectivity index (χ1) is 18.3. The number of halogens is 3. The molecule has 0 spiro atoms. The van der Waals surface area contributed by atoms with Crippen molar-refractivity contribution < 1.29 is 22.9 Å². The summed E-state index contributed by atoms with van der Waals surface area (Å²) in [5, 5.41) is 15.1. The first kappa shape index (κ1) is 28.0. The SMILES string of the molecule is Cc1nc(N[C@H](C)c2cc([N+](=O)[O-])cc(C(F)(F)F)c2)c2cc(C3=CCN(C(=O)CN(C)C)CC3)ccc2n1. The lowest BCUT2D eigenvalue weighted by Crippen LogP contribution is -2.40. The molecule has 1 amide bonds. The molecule has 0 saturated carbocycles. The smallest absolute Gasteiger partial charge is 0.363 e. The summed E-state index contributed by atoms with van der Waals surface area (Å²) in [6.45, 7) is 4.77. The van der Waals surface area contributed by atoms with Gasteiger partial charge in [0.05, 0.1) is 28.6 Å². The first-order valence-corrected chi connectivity index (χ1v) is 12.3. The van der Waals surface area contributed by atoms with Crippen molar-refractivity contribution in [1.29, 1.82) is 0 Å². The fraction of sp³-hybridized carbons (Fsp3) is 0.370. The van der Waals surface area contributed by atoms with Gasteiger partial charge in [0, 0.05) is 30.6 Å². The number of aryl methyl sites for hydroxylation is 1. The van der Waals surface area contributed by atoms with Gasteiger partial charge in [-0.2, -0.15) is 13.2 Å². The number of nitrogens with zero attached hydrogens (tertiary/aromatic N) is 5. The Kier molecular flexibility index (Phi) is 7.86. The summed E-state index contributed by atoms with van der Waals surface area (Å²) in [4.78, 5) is 35.5. The van der Waals surface area contributed by atoms with Crippen LogP contribution in [0.15, 0.2) is 42.5 Å². The summed E-state index contributed by atoms with van der Waals surface area (Å²) in [5.74, 6) is 0.936. The monoisotopic (exact) mass is 542 g/mol. The fourth-order valence-corrected chi connectivity index (χ4v) is 4.52. The van der Waals surface area contributed by atoms with Crippen molar-refractivity contribution in [3.8, 4) is 0 Å². The molecule has 0 aliphatic carbocycles. The van der Waals surface area contributed by atoms with Crippen molar-refractivity contribution in [2.24, 2.45) is 0 Å². The topological polar surface area (TPSA) is 104 Å². The third-order valence-corrected chi connectivity index (χ3v) is 6.52. The van der Waals surface area contributed by atoms with E-state index in [0.717, 1.165) is 23.3 Å². The van der Waals surface area contributed by atoms with E-state index in [0.29, 0.717) is 54.7 Å². The summed E-state index contributed by atoms with van der Waals surface area (Å²) in [7, 11) is 3.70. The quantitative estimate of drug-likeness (QED) is 0.323. The van der Waals surface area contributed by atoms with Crippen LogP contribution in [0.1, 0.15) is 41.9 Å². The Bertz CT molecular complexity index is 1450. The number of benzene rings is 2. The number of aromatic nitrogens is 2. The molecule has 12 heteroatoms. The van der Waals surface area contributed by atoms with Crippen LogP contribution in [0, 0.1) is 17.0 Å². The van der Waals surface area contributed by atoms with E-state index >= 15 is 0 Å². The molecular formula is C27H29F3N6O3. The Balaban J connectivity index is 1.65. The van der Waals surface area contributed by atoms with Gasteiger partial charge in [0.15, 0.2) is 0 Å². The van der Waals surface area contributed by atoms with Crippen molar-refractivity contribution in [1.82, 2.24) is 19.8 Å². The minimum atomic E-state index is -4.73. The molecular weight excluding hydrogens is 513 g/mol. The summed E-state index contributed by atoms with van der Waals surface area (Å²) in [6.07, 6.45) is -2.04. The molecule has 0 unspecified atom stereocenters. The van der Waals surface area contributed by atoms with Crippen LogP contribution >= 0.6 is 0 Å². The summed E-state index contributed by atoms with van der Waals surface area (Å²) in [6, 6.07) is 7.56. The van der Waals surface area contributed by atoms with E-state index in [9.17, 15) is 28.1 Å². The minimum absolute atomic E-state index is 0.0630. The van der Waals surface area contributed by atoms with E-state index in [1.165, 1.54) is 0 Å². The number of hydrogen-bond donors (Lipinski definition) is 1. The molecule has 2 heterocycles. The molecule has 1 atom stereocenters. The lowest BCUT2D eigenvalue weighted by atomic mass is 9.97. The van der Waals surface area contributed by atoms with E-state index in [-0.39, 0.29) is 11.5 Å². The predicted octanol–water partition coefficient (Wildman–Crippen LogP) is 5.22. The number of carbonyl (C=O) groups is 1. The van der Waals surface area contributed by atoms with Crippen LogP contribution in [-0.4, -0.2) is 64.3 Å². The number of fused-ring (bicyclic) bond motifs is 1. The molecule has 206 valence electrons. The molecule has 2 aromatic carbocycles. The van der Waals surface area contributed by atoms with E-state index in [4.69, 9.17) is 0 Å². The number of non-ortho nitro benzene ring substituents is 1. The van der Waals surface area contributed by atoms with E-state index in [2.05, 4.69) is 15.3 Å². The van der Waals surface area contributed by atoms with Crippen LogP contribution in [0.2, 0.25) is 0 Å². The molecule has 4 rings (SSSR count). The van der Waals surface area contributed by atoms with E-state index in [1.54, 1.807) is 18.7 Å². The molecule has 1 N–H and O–H groups in total. The average molecular weight is 543 g/mol. The van der Waals surface area contributed by atoms with Gasteiger partial charge in [-0.25, -0.2) is 9.97 Å². The standard InChI is InChI=1S/C27H29F3N6O3/c1-16(20-11-21(27(28,29)30)14-22(12-20)36(38)39)31-26-23-13-19(5-6-24(23)32-17(2)33-26)18-7-9-35(10-8-18)25(37)15-34(3)4/h5-7,11-14,16H,8-10,15H2,1-4H3,(H,31,32,33)/t16-/m1/s1. The molecule has 3 aromatic rings. The fourth-order valence-electron chi connectivity index (χ4n) is 4.52. The molecule has 39 heavy (non-hydrogen) atoms. The Labute approximate surface area is 223 Å².